The summed E-state index contributed by atoms with van der Waals surface area (Å²) in [7, 11) is 0. The highest BCUT2D eigenvalue weighted by Gasteiger charge is 2.10. The van der Waals surface area contributed by atoms with Crippen LogP contribution in [0.4, 0.5) is 0 Å². The molecule has 0 aliphatic carbocycles. The summed E-state index contributed by atoms with van der Waals surface area (Å²) in [6.45, 7) is 4.64. The number of nitriles is 1. The van der Waals surface area contributed by atoms with Gasteiger partial charge in [0.2, 0.25) is 0 Å². The van der Waals surface area contributed by atoms with E-state index in [2.05, 4.69) is 10.1 Å². The van der Waals surface area contributed by atoms with Crippen LogP contribution >= 0.6 is 0 Å². The monoisotopic (exact) mass is 346 g/mol. The predicted molar refractivity (Wildman–Crippen MR) is 95.3 cm³/mol. The topological polar surface area (TPSA) is 80.8 Å². The fourth-order valence-corrected chi connectivity index (χ4v) is 2.66. The van der Waals surface area contributed by atoms with Gasteiger partial charge in [-0.2, -0.15) is 10.4 Å². The van der Waals surface area contributed by atoms with E-state index in [1.165, 1.54) is 6.20 Å². The van der Waals surface area contributed by atoms with Gasteiger partial charge in [0, 0.05) is 11.9 Å². The summed E-state index contributed by atoms with van der Waals surface area (Å²) in [5, 5.41) is 13.3. The van der Waals surface area contributed by atoms with E-state index < -0.39 is 5.97 Å². The molecular formula is C20H18N4O2. The van der Waals surface area contributed by atoms with E-state index in [1.54, 1.807) is 18.2 Å². The smallest absolute Gasteiger partial charge is 0.338 e. The quantitative estimate of drug-likeness (QED) is 0.663. The van der Waals surface area contributed by atoms with Crippen LogP contribution in [0.2, 0.25) is 0 Å². The van der Waals surface area contributed by atoms with Gasteiger partial charge >= 0.3 is 5.97 Å². The lowest BCUT2D eigenvalue weighted by molar-refractivity contribution is 0.0472. The Morgan fingerprint density at radius 2 is 2.04 bits per heavy atom. The van der Waals surface area contributed by atoms with Crippen LogP contribution in [0.25, 0.3) is 0 Å². The third-order valence-electron chi connectivity index (χ3n) is 3.91. The molecule has 0 atom stereocenters. The van der Waals surface area contributed by atoms with Crippen LogP contribution in [0.3, 0.4) is 0 Å². The molecule has 3 aromatic rings. The van der Waals surface area contributed by atoms with Crippen molar-refractivity contribution in [2.45, 2.75) is 27.0 Å². The van der Waals surface area contributed by atoms with Crippen LogP contribution in [0, 0.1) is 25.2 Å². The van der Waals surface area contributed by atoms with Crippen molar-refractivity contribution in [3.63, 3.8) is 0 Å². The van der Waals surface area contributed by atoms with E-state index in [1.807, 2.05) is 48.9 Å². The van der Waals surface area contributed by atoms with Crippen molar-refractivity contribution in [3.8, 4) is 6.07 Å². The maximum Gasteiger partial charge on any atom is 0.338 e. The van der Waals surface area contributed by atoms with Gasteiger partial charge in [-0.15, -0.1) is 0 Å². The molecule has 0 N–H and O–H groups in total. The third-order valence-corrected chi connectivity index (χ3v) is 3.91. The van der Waals surface area contributed by atoms with E-state index >= 15 is 0 Å². The molecular weight excluding hydrogens is 328 g/mol. The Morgan fingerprint density at radius 3 is 2.77 bits per heavy atom. The summed E-state index contributed by atoms with van der Waals surface area (Å²) in [5.41, 5.74) is 4.52. The average molecular weight is 346 g/mol. The number of hydrogen-bond acceptors (Lipinski definition) is 5. The Hall–Kier alpha value is -3.46. The number of ether oxygens (including phenoxy) is 1. The molecule has 0 saturated carbocycles. The zero-order chi connectivity index (χ0) is 18.5. The number of rotatable bonds is 5. The molecule has 130 valence electrons. The maximum absolute atomic E-state index is 12.3. The first-order valence-corrected chi connectivity index (χ1v) is 8.17. The minimum atomic E-state index is -0.407. The van der Waals surface area contributed by atoms with Crippen molar-refractivity contribution in [2.24, 2.45) is 0 Å². The largest absolute Gasteiger partial charge is 0.457 e. The normalized spacial score (nSPS) is 10.3. The second kappa shape index (κ2) is 7.62. The average Bonchev–Trinajstić information content (AvgIpc) is 2.97. The van der Waals surface area contributed by atoms with Gasteiger partial charge in [0.05, 0.1) is 17.8 Å². The molecule has 0 aliphatic rings. The fourth-order valence-electron chi connectivity index (χ4n) is 2.66. The zero-order valence-electron chi connectivity index (χ0n) is 14.6. The number of benzene rings is 1. The van der Waals surface area contributed by atoms with Crippen LogP contribution in [0.5, 0.6) is 0 Å². The number of pyridine rings is 1. The van der Waals surface area contributed by atoms with Crippen molar-refractivity contribution < 1.29 is 9.53 Å². The van der Waals surface area contributed by atoms with Crippen molar-refractivity contribution in [1.82, 2.24) is 14.8 Å². The molecule has 6 heteroatoms. The minimum Gasteiger partial charge on any atom is -0.457 e. The minimum absolute atomic E-state index is 0.0950. The number of carbonyl (C=O) groups excluding carboxylic acids is 1. The second-order valence-corrected chi connectivity index (χ2v) is 6.02. The maximum atomic E-state index is 12.3. The molecule has 6 nitrogen and oxygen atoms in total. The molecule has 0 saturated heterocycles. The molecule has 2 heterocycles. The number of aromatic nitrogens is 3. The van der Waals surface area contributed by atoms with Crippen LogP contribution in [-0.2, 0) is 17.9 Å². The van der Waals surface area contributed by atoms with E-state index in [0.717, 1.165) is 22.5 Å². The molecule has 0 aliphatic heterocycles. The lowest BCUT2D eigenvalue weighted by Gasteiger charge is -2.08. The van der Waals surface area contributed by atoms with Crippen molar-refractivity contribution in [3.05, 3.63) is 82.4 Å². The summed E-state index contributed by atoms with van der Waals surface area (Å²) < 4.78 is 7.25. The number of carbonyl (C=O) groups is 1. The molecule has 0 spiro atoms. The molecule has 26 heavy (non-hydrogen) atoms. The van der Waals surface area contributed by atoms with Gasteiger partial charge in [0.25, 0.3) is 0 Å². The van der Waals surface area contributed by atoms with Crippen molar-refractivity contribution >= 4 is 5.97 Å². The van der Waals surface area contributed by atoms with E-state index in [4.69, 9.17) is 10.00 Å². The Labute approximate surface area is 151 Å². The SMILES string of the molecule is Cc1cc(C)n(Cc2cccc(C(=O)OCc3ccnc(C#N)c3)c2)n1. The molecule has 0 unspecified atom stereocenters. The Bertz CT molecular complexity index is 985. The number of hydrogen-bond donors (Lipinski definition) is 0. The Balaban J connectivity index is 1.68. The Morgan fingerprint density at radius 1 is 1.19 bits per heavy atom. The Kier molecular flexibility index (Phi) is 5.09. The number of esters is 1. The van der Waals surface area contributed by atoms with E-state index in [9.17, 15) is 4.79 Å². The second-order valence-electron chi connectivity index (χ2n) is 6.02. The van der Waals surface area contributed by atoms with Crippen LogP contribution in [0.15, 0.2) is 48.7 Å². The highest BCUT2D eigenvalue weighted by Crippen LogP contribution is 2.12. The first kappa shape index (κ1) is 17.4. The van der Waals surface area contributed by atoms with Crippen molar-refractivity contribution in [2.75, 3.05) is 0 Å². The molecule has 2 aromatic heterocycles. The van der Waals surface area contributed by atoms with Gasteiger partial charge in [-0.25, -0.2) is 9.78 Å². The highest BCUT2D eigenvalue weighted by molar-refractivity contribution is 5.89. The van der Waals surface area contributed by atoms with Crippen LogP contribution in [-0.4, -0.2) is 20.7 Å². The van der Waals surface area contributed by atoms with Crippen molar-refractivity contribution in [1.29, 1.82) is 5.26 Å². The lowest BCUT2D eigenvalue weighted by atomic mass is 10.1. The van der Waals surface area contributed by atoms with E-state index in [-0.39, 0.29) is 6.61 Å². The lowest BCUT2D eigenvalue weighted by Crippen LogP contribution is -2.08. The van der Waals surface area contributed by atoms with Crippen LogP contribution in [0.1, 0.15) is 38.6 Å². The fraction of sp³-hybridized carbons (Fsp3) is 0.200. The van der Waals surface area contributed by atoms with Gasteiger partial charge in [-0.05, 0) is 55.3 Å². The summed E-state index contributed by atoms with van der Waals surface area (Å²) in [6, 6.07) is 14.6. The predicted octanol–water partition coefficient (Wildman–Crippen LogP) is 3.17. The summed E-state index contributed by atoms with van der Waals surface area (Å²) in [5.74, 6) is -0.407. The van der Waals surface area contributed by atoms with Gasteiger partial charge < -0.3 is 4.74 Å². The first-order chi connectivity index (χ1) is 12.5. The molecule has 0 radical (unpaired) electrons. The summed E-state index contributed by atoms with van der Waals surface area (Å²) >= 11 is 0. The van der Waals surface area contributed by atoms with Crippen LogP contribution < -0.4 is 0 Å². The summed E-state index contributed by atoms with van der Waals surface area (Å²) in [4.78, 5) is 16.2. The standard InChI is InChI=1S/C20H18N4O2/c1-14-8-15(2)24(23-14)12-16-4-3-5-18(9-16)20(25)26-13-17-6-7-22-19(10-17)11-21/h3-10H,12-13H2,1-2H3. The molecule has 1 aromatic carbocycles. The summed E-state index contributed by atoms with van der Waals surface area (Å²) in [6.07, 6.45) is 1.52. The van der Waals surface area contributed by atoms with Gasteiger partial charge in [0.15, 0.2) is 0 Å². The molecule has 3 rings (SSSR count). The number of aryl methyl sites for hydroxylation is 2. The molecule has 0 fully saturated rings. The number of nitrogens with zero attached hydrogens (tertiary/aromatic N) is 4. The van der Waals surface area contributed by atoms with Gasteiger partial charge in [0.1, 0.15) is 18.4 Å². The van der Waals surface area contributed by atoms with E-state index in [0.29, 0.717) is 17.8 Å². The molecule has 0 amide bonds. The highest BCUT2D eigenvalue weighted by atomic mass is 16.5. The zero-order valence-corrected chi connectivity index (χ0v) is 14.6. The third kappa shape index (κ3) is 4.14. The molecule has 0 bridgehead atoms. The van der Waals surface area contributed by atoms with Gasteiger partial charge in [-0.3, -0.25) is 4.68 Å². The van der Waals surface area contributed by atoms with Gasteiger partial charge in [-0.1, -0.05) is 12.1 Å². The first-order valence-electron chi connectivity index (χ1n) is 8.17.